The number of aliphatic hydroxyl groups is 1. The Labute approximate surface area is 218 Å². The molecule has 37 heavy (non-hydrogen) atoms. The fourth-order valence-corrected chi connectivity index (χ4v) is 6.02. The molecule has 3 aliphatic heterocycles. The maximum atomic E-state index is 12.7. The Bertz CT molecular complexity index is 1380. The molecule has 2 saturated heterocycles. The summed E-state index contributed by atoms with van der Waals surface area (Å²) < 4.78 is 11.0. The average Bonchev–Trinajstić information content (AvgIpc) is 3.28. The molecule has 1 atom stereocenters. The van der Waals surface area contributed by atoms with E-state index < -0.39 is 11.7 Å². The molecule has 0 saturated carbocycles. The molecule has 0 aliphatic carbocycles. The number of likely N-dealkylation sites (tertiary alicyclic amines) is 1. The lowest BCUT2D eigenvalue weighted by atomic mass is 9.86. The molecule has 4 heterocycles. The largest absolute Gasteiger partial charge is 0.497 e. The summed E-state index contributed by atoms with van der Waals surface area (Å²) in [4.78, 5) is 38.0. The first-order valence-electron chi connectivity index (χ1n) is 12.2. The number of rotatable bonds is 5. The monoisotopic (exact) mass is 521 g/mol. The zero-order valence-corrected chi connectivity index (χ0v) is 21.2. The second-order valence-electron chi connectivity index (χ2n) is 9.57. The minimum Gasteiger partial charge on any atom is -0.497 e. The highest BCUT2D eigenvalue weighted by atomic mass is 32.2. The summed E-state index contributed by atoms with van der Waals surface area (Å²) in [5, 5.41) is 15.2. The molecule has 0 spiro atoms. The minimum atomic E-state index is -1.08. The zero-order chi connectivity index (χ0) is 25.6. The van der Waals surface area contributed by atoms with Gasteiger partial charge in [-0.15, -0.1) is 11.8 Å². The van der Waals surface area contributed by atoms with Crippen molar-refractivity contribution in [2.24, 2.45) is 0 Å². The quantitative estimate of drug-likeness (QED) is 0.523. The molecule has 0 unspecified atom stereocenters. The number of carbonyl (C=O) groups is 2. The lowest BCUT2D eigenvalue weighted by molar-refractivity contribution is -0.113. The van der Waals surface area contributed by atoms with Crippen LogP contribution in [0.15, 0.2) is 47.6 Å². The highest BCUT2D eigenvalue weighted by molar-refractivity contribution is 8.00. The molecule has 192 valence electrons. The second kappa shape index (κ2) is 9.47. The van der Waals surface area contributed by atoms with Gasteiger partial charge in [-0.25, -0.2) is 14.8 Å². The van der Waals surface area contributed by atoms with Crippen LogP contribution in [0.4, 0.5) is 16.2 Å². The molecule has 0 bridgehead atoms. The van der Waals surface area contributed by atoms with Gasteiger partial charge >= 0.3 is 6.09 Å². The molecule has 2 amide bonds. The molecule has 1 aromatic heterocycles. The van der Waals surface area contributed by atoms with E-state index in [1.807, 2.05) is 36.4 Å². The van der Waals surface area contributed by atoms with E-state index in [9.17, 15) is 14.7 Å². The number of aromatic nitrogens is 2. The number of ether oxygens (including phenoxy) is 2. The van der Waals surface area contributed by atoms with Gasteiger partial charge in [-0.3, -0.25) is 14.6 Å². The number of benzene rings is 2. The van der Waals surface area contributed by atoms with Gasteiger partial charge in [-0.1, -0.05) is 0 Å². The molecular formula is C26H27N5O5S. The van der Waals surface area contributed by atoms with Crippen molar-refractivity contribution in [1.29, 1.82) is 0 Å². The molecular weight excluding hydrogens is 494 g/mol. The van der Waals surface area contributed by atoms with Gasteiger partial charge in [-0.2, -0.15) is 0 Å². The topological polar surface area (TPSA) is 117 Å². The SMILES string of the molecule is COc1ccc2ncnc(C3(O)CCN(C[C@@H]4CN(c5ccc6c(c5)NC(=O)CS6)C(=O)O4)CC3)c2c1. The number of methoxy groups -OCH3 is 1. The van der Waals surface area contributed by atoms with Crippen LogP contribution in [0.5, 0.6) is 5.75 Å². The zero-order valence-electron chi connectivity index (χ0n) is 20.3. The Morgan fingerprint density at radius 1 is 1.19 bits per heavy atom. The van der Waals surface area contributed by atoms with E-state index >= 15 is 0 Å². The maximum Gasteiger partial charge on any atom is 0.414 e. The van der Waals surface area contributed by atoms with Crippen LogP contribution in [0.1, 0.15) is 18.5 Å². The number of anilines is 2. The van der Waals surface area contributed by atoms with E-state index in [4.69, 9.17) is 9.47 Å². The summed E-state index contributed by atoms with van der Waals surface area (Å²) in [5.41, 5.74) is 1.73. The van der Waals surface area contributed by atoms with Gasteiger partial charge < -0.3 is 19.9 Å². The fourth-order valence-electron chi connectivity index (χ4n) is 5.23. The highest BCUT2D eigenvalue weighted by Gasteiger charge is 2.39. The van der Waals surface area contributed by atoms with Gasteiger partial charge in [0.1, 0.15) is 23.8 Å². The highest BCUT2D eigenvalue weighted by Crippen LogP contribution is 2.38. The maximum absolute atomic E-state index is 12.7. The van der Waals surface area contributed by atoms with Crippen molar-refractivity contribution in [3.8, 4) is 5.75 Å². The normalized spacial score (nSPS) is 21.5. The van der Waals surface area contributed by atoms with Crippen LogP contribution in [0.25, 0.3) is 10.9 Å². The van der Waals surface area contributed by atoms with Crippen LogP contribution in [0, 0.1) is 0 Å². The van der Waals surface area contributed by atoms with Crippen molar-refractivity contribution in [3.63, 3.8) is 0 Å². The van der Waals surface area contributed by atoms with E-state index in [-0.39, 0.29) is 12.0 Å². The van der Waals surface area contributed by atoms with Crippen LogP contribution in [-0.2, 0) is 15.1 Å². The molecule has 3 aromatic rings. The average molecular weight is 522 g/mol. The van der Waals surface area contributed by atoms with Gasteiger partial charge in [0.15, 0.2) is 0 Å². The third kappa shape index (κ3) is 4.58. The number of nitrogens with one attached hydrogen (secondary N) is 1. The number of amides is 2. The predicted octanol–water partition coefficient (Wildman–Crippen LogP) is 2.99. The van der Waals surface area contributed by atoms with Crippen LogP contribution < -0.4 is 15.0 Å². The third-order valence-electron chi connectivity index (χ3n) is 7.21. The van der Waals surface area contributed by atoms with E-state index in [1.165, 1.54) is 18.1 Å². The summed E-state index contributed by atoms with van der Waals surface area (Å²) >= 11 is 1.49. The number of fused-ring (bicyclic) bond motifs is 2. The van der Waals surface area contributed by atoms with Gasteiger partial charge in [-0.05, 0) is 49.2 Å². The number of nitrogens with zero attached hydrogens (tertiary/aromatic N) is 4. The van der Waals surface area contributed by atoms with Crippen LogP contribution in [0.3, 0.4) is 0 Å². The van der Waals surface area contributed by atoms with Gasteiger partial charge in [0, 0.05) is 35.6 Å². The van der Waals surface area contributed by atoms with Crippen LogP contribution in [0.2, 0.25) is 0 Å². The standard InChI is InChI=1S/C26H27N5O5S/c1-35-17-3-4-20-19(11-17)24(28-15-27-20)26(34)6-8-30(9-7-26)12-18-13-31(25(33)36-18)16-2-5-22-21(10-16)29-23(32)14-37-22/h2-5,10-11,15,18,34H,6-9,12-14H2,1H3,(H,29,32)/t18-/m1/s1. The Kier molecular flexibility index (Phi) is 6.13. The Morgan fingerprint density at radius 2 is 2.03 bits per heavy atom. The lowest BCUT2D eigenvalue weighted by Crippen LogP contribution is -2.46. The van der Waals surface area contributed by atoms with Crippen molar-refractivity contribution in [2.45, 2.75) is 29.4 Å². The summed E-state index contributed by atoms with van der Waals surface area (Å²) in [6.07, 6.45) is 1.81. The summed E-state index contributed by atoms with van der Waals surface area (Å²) in [6, 6.07) is 11.2. The Morgan fingerprint density at radius 3 is 2.84 bits per heavy atom. The van der Waals surface area contributed by atoms with Crippen LogP contribution in [-0.4, -0.2) is 77.1 Å². The van der Waals surface area contributed by atoms with E-state index in [2.05, 4.69) is 20.2 Å². The van der Waals surface area contributed by atoms with Crippen molar-refractivity contribution < 1.29 is 24.2 Å². The first kappa shape index (κ1) is 24.0. The predicted molar refractivity (Wildman–Crippen MR) is 139 cm³/mol. The number of thioether (sulfide) groups is 1. The summed E-state index contributed by atoms with van der Waals surface area (Å²) in [7, 11) is 1.61. The summed E-state index contributed by atoms with van der Waals surface area (Å²) in [6.45, 7) is 2.29. The number of carbonyl (C=O) groups excluding carboxylic acids is 2. The van der Waals surface area contributed by atoms with Crippen molar-refractivity contribution in [2.75, 3.05) is 49.3 Å². The minimum absolute atomic E-state index is 0.0457. The van der Waals surface area contributed by atoms with Crippen molar-refractivity contribution >= 4 is 46.0 Å². The van der Waals surface area contributed by atoms with Crippen LogP contribution >= 0.6 is 11.8 Å². The molecule has 2 aromatic carbocycles. The van der Waals surface area contributed by atoms with Gasteiger partial charge in [0.25, 0.3) is 0 Å². The van der Waals surface area contributed by atoms with Gasteiger partial charge in [0.2, 0.25) is 5.91 Å². The van der Waals surface area contributed by atoms with E-state index in [0.717, 1.165) is 21.5 Å². The number of piperidine rings is 1. The molecule has 11 heteroatoms. The molecule has 2 N–H and O–H groups in total. The molecule has 10 nitrogen and oxygen atoms in total. The van der Waals surface area contributed by atoms with E-state index in [1.54, 1.807) is 12.0 Å². The number of hydrogen-bond acceptors (Lipinski definition) is 9. The third-order valence-corrected chi connectivity index (χ3v) is 8.28. The summed E-state index contributed by atoms with van der Waals surface area (Å²) in [5.74, 6) is 1.04. The fraction of sp³-hybridized carbons (Fsp3) is 0.385. The van der Waals surface area contributed by atoms with Crippen molar-refractivity contribution in [3.05, 3.63) is 48.4 Å². The first-order chi connectivity index (χ1) is 17.9. The van der Waals surface area contributed by atoms with E-state index in [0.29, 0.717) is 61.9 Å². The smallest absolute Gasteiger partial charge is 0.414 e. The Balaban J connectivity index is 1.11. The molecule has 2 fully saturated rings. The molecule has 6 rings (SSSR count). The van der Waals surface area contributed by atoms with Gasteiger partial charge in [0.05, 0.1) is 36.3 Å². The second-order valence-corrected chi connectivity index (χ2v) is 10.6. The Hall–Kier alpha value is -3.41. The molecule has 3 aliphatic rings. The number of hydrogen-bond donors (Lipinski definition) is 2. The number of cyclic esters (lactones) is 1. The first-order valence-corrected chi connectivity index (χ1v) is 13.2. The molecule has 0 radical (unpaired) electrons. The lowest BCUT2D eigenvalue weighted by Gasteiger charge is -2.38. The van der Waals surface area contributed by atoms with Crippen molar-refractivity contribution in [1.82, 2.24) is 14.9 Å².